The highest BCUT2D eigenvalue weighted by Gasteiger charge is 2.34. The first-order valence-electron chi connectivity index (χ1n) is 20.4. The molecule has 0 aromatic heterocycles. The number of piperazine rings is 1. The molecule has 0 saturated carbocycles. The van der Waals surface area contributed by atoms with Gasteiger partial charge in [-0.05, 0) is 110 Å². The molecular weight excluding hydrogens is 816 g/mol. The van der Waals surface area contributed by atoms with Crippen molar-refractivity contribution in [2.24, 2.45) is 5.14 Å². The normalized spacial score (nSPS) is 18.0. The van der Waals surface area contributed by atoms with E-state index in [9.17, 15) is 23.3 Å². The van der Waals surface area contributed by atoms with E-state index in [1.807, 2.05) is 60.7 Å². The first-order chi connectivity index (χ1) is 28.9. The van der Waals surface area contributed by atoms with Crippen LogP contribution in [0.1, 0.15) is 54.6 Å². The van der Waals surface area contributed by atoms with Gasteiger partial charge in [0.05, 0.1) is 4.92 Å². The number of nitrogens with two attached hydrogens (primary N) is 1. The minimum absolute atomic E-state index is 0.0715. The number of hydrogen-bond acceptors (Lipinski definition) is 10. The predicted octanol–water partition coefficient (Wildman–Crippen LogP) is 8.95. The third-order valence-electron chi connectivity index (χ3n) is 11.7. The van der Waals surface area contributed by atoms with Crippen LogP contribution >= 0.6 is 23.4 Å². The number of nitro groups is 1. The second kappa shape index (κ2) is 19.3. The molecule has 60 heavy (non-hydrogen) atoms. The van der Waals surface area contributed by atoms with Crippen LogP contribution < -0.4 is 15.4 Å². The van der Waals surface area contributed by atoms with E-state index in [2.05, 4.69) is 52.1 Å². The number of carbonyl (C=O) groups is 1. The zero-order valence-corrected chi connectivity index (χ0v) is 36.3. The quantitative estimate of drug-likeness (QED) is 0.0427. The number of hydrogen-bond donors (Lipinski definition) is 2. The van der Waals surface area contributed by atoms with Crippen molar-refractivity contribution in [3.8, 4) is 11.1 Å². The van der Waals surface area contributed by atoms with Gasteiger partial charge in [-0.15, -0.1) is 11.8 Å². The molecule has 0 amide bonds. The Hall–Kier alpha value is -4.76. The average molecular weight is 868 g/mol. The van der Waals surface area contributed by atoms with Gasteiger partial charge in [0.2, 0.25) is 15.8 Å². The van der Waals surface area contributed by atoms with Gasteiger partial charge in [0.15, 0.2) is 0 Å². The highest BCUT2D eigenvalue weighted by molar-refractivity contribution is 7.99. The number of benzene rings is 5. The van der Waals surface area contributed by atoms with Crippen LogP contribution in [-0.4, -0.2) is 85.5 Å². The van der Waals surface area contributed by atoms with Crippen molar-refractivity contribution >= 4 is 56.2 Å². The van der Waals surface area contributed by atoms with Gasteiger partial charge in [-0.2, -0.15) is 0 Å². The molecule has 2 saturated heterocycles. The molecule has 2 fully saturated rings. The molecule has 2 aliphatic rings. The van der Waals surface area contributed by atoms with E-state index in [0.29, 0.717) is 29.3 Å². The molecule has 0 bridgehead atoms. The number of primary sulfonamides is 1. The topological polar surface area (TPSA) is 142 Å². The van der Waals surface area contributed by atoms with Crippen LogP contribution in [0.3, 0.4) is 0 Å². The molecule has 2 heterocycles. The number of thioether (sulfide) groups is 1. The van der Waals surface area contributed by atoms with E-state index in [1.165, 1.54) is 23.3 Å². The monoisotopic (exact) mass is 866 g/mol. The van der Waals surface area contributed by atoms with Crippen LogP contribution in [0.4, 0.5) is 17.1 Å². The number of rotatable bonds is 16. The molecule has 314 valence electrons. The Morgan fingerprint density at radius 3 is 2.18 bits per heavy atom. The van der Waals surface area contributed by atoms with E-state index in [0.717, 1.165) is 68.3 Å². The summed E-state index contributed by atoms with van der Waals surface area (Å²) in [4.78, 5) is 34.1. The predicted molar refractivity (Wildman–Crippen MR) is 243 cm³/mol. The van der Waals surface area contributed by atoms with Crippen LogP contribution in [0, 0.1) is 10.1 Å². The summed E-state index contributed by atoms with van der Waals surface area (Å²) >= 11 is 7.77. The van der Waals surface area contributed by atoms with Gasteiger partial charge in [0.1, 0.15) is 16.1 Å². The van der Waals surface area contributed by atoms with Gasteiger partial charge in [0.25, 0.3) is 0 Å². The van der Waals surface area contributed by atoms with Crippen molar-refractivity contribution in [1.29, 1.82) is 0 Å². The number of nitro benzene ring substituents is 1. The van der Waals surface area contributed by atoms with Gasteiger partial charge in [-0.25, -0.2) is 13.6 Å². The Balaban J connectivity index is 1.09. The largest absolute Gasteiger partial charge is 0.376 e. The Bertz CT molecular complexity index is 2390. The summed E-state index contributed by atoms with van der Waals surface area (Å²) in [5.74, 6) is -0.204. The lowest BCUT2D eigenvalue weighted by Crippen LogP contribution is -2.46. The molecule has 7 rings (SSSR count). The summed E-state index contributed by atoms with van der Waals surface area (Å²) in [6.07, 6.45) is 2.91. The molecule has 5 aromatic rings. The van der Waals surface area contributed by atoms with Crippen molar-refractivity contribution in [3.63, 3.8) is 0 Å². The molecule has 0 spiro atoms. The molecule has 2 aliphatic heterocycles. The van der Waals surface area contributed by atoms with Crippen molar-refractivity contribution in [3.05, 3.63) is 147 Å². The second-order valence-electron chi connectivity index (χ2n) is 15.7. The maximum atomic E-state index is 14.3. The van der Waals surface area contributed by atoms with Crippen molar-refractivity contribution in [1.82, 2.24) is 9.80 Å². The molecular formula is C46H51ClN6O5S2. The number of sulfonamides is 1. The van der Waals surface area contributed by atoms with Crippen LogP contribution in [-0.2, 0) is 16.6 Å². The number of likely N-dealkylation sites (tertiary alicyclic amines) is 1. The molecule has 0 aliphatic carbocycles. The lowest BCUT2D eigenvalue weighted by molar-refractivity contribution is -0.384. The first kappa shape index (κ1) is 43.3. The van der Waals surface area contributed by atoms with Gasteiger partial charge in [0, 0.05) is 84.3 Å². The number of anilines is 2. The van der Waals surface area contributed by atoms with Gasteiger partial charge >= 0.3 is 5.69 Å². The van der Waals surface area contributed by atoms with Crippen LogP contribution in [0.15, 0.2) is 125 Å². The fourth-order valence-corrected chi connectivity index (χ4v) is 10.3. The van der Waals surface area contributed by atoms with E-state index >= 15 is 0 Å². The van der Waals surface area contributed by atoms with Crippen molar-refractivity contribution in [2.45, 2.75) is 67.6 Å². The fourth-order valence-electron chi connectivity index (χ4n) is 8.40. The zero-order chi connectivity index (χ0) is 42.4. The smallest absolute Gasteiger partial charge is 0.304 e. The molecule has 14 heteroatoms. The molecule has 2 unspecified atom stereocenters. The molecule has 3 N–H and O–H groups in total. The van der Waals surface area contributed by atoms with Gasteiger partial charge in [-0.1, -0.05) is 66.2 Å². The molecule has 0 radical (unpaired) electrons. The summed E-state index contributed by atoms with van der Waals surface area (Å²) in [7, 11) is -4.52. The van der Waals surface area contributed by atoms with Crippen molar-refractivity contribution in [2.75, 3.05) is 48.7 Å². The molecule has 5 aromatic carbocycles. The van der Waals surface area contributed by atoms with Crippen LogP contribution in [0.2, 0.25) is 5.02 Å². The third kappa shape index (κ3) is 10.4. The Kier molecular flexibility index (Phi) is 13.9. The average Bonchev–Trinajstić information content (AvgIpc) is 3.57. The number of nitrogens with one attached hydrogen (secondary N) is 1. The Morgan fingerprint density at radius 2 is 1.53 bits per heavy atom. The summed E-state index contributed by atoms with van der Waals surface area (Å²) in [5, 5.41) is 22.6. The van der Waals surface area contributed by atoms with Gasteiger partial charge < -0.3 is 10.2 Å². The zero-order valence-electron chi connectivity index (χ0n) is 33.9. The van der Waals surface area contributed by atoms with Crippen LogP contribution in [0.5, 0.6) is 0 Å². The van der Waals surface area contributed by atoms with Crippen molar-refractivity contribution < 1.29 is 18.1 Å². The first-order valence-corrected chi connectivity index (χ1v) is 23.3. The fraction of sp³-hybridized carbons (Fsp3) is 0.326. The molecule has 11 nitrogen and oxygen atoms in total. The summed E-state index contributed by atoms with van der Waals surface area (Å²) in [6.45, 7) is 9.16. The lowest BCUT2D eigenvalue weighted by Gasteiger charge is -2.36. The third-order valence-corrected chi connectivity index (χ3v) is 14.1. The lowest BCUT2D eigenvalue weighted by atomic mass is 9.99. The van der Waals surface area contributed by atoms with E-state index in [4.69, 9.17) is 16.7 Å². The summed E-state index contributed by atoms with van der Waals surface area (Å²) in [6, 6.07) is 36.2. The Labute approximate surface area is 362 Å². The number of ketones is 1. The van der Waals surface area contributed by atoms with E-state index < -0.39 is 36.9 Å². The second-order valence-corrected chi connectivity index (χ2v) is 18.8. The SMILES string of the molecule is CC1CCC(C)N1CC[C@H](CSc1ccccc1)Nc1ccc(S(N)(=O)=O)c(C(=O)c2ccc(N3CCN(Cc4ccccc4-c4ccc(Cl)cc4)CC3)cc2)c1[N+](=O)[O-]. The summed E-state index contributed by atoms with van der Waals surface area (Å²) < 4.78 is 25.9. The summed E-state index contributed by atoms with van der Waals surface area (Å²) in [5.41, 5.74) is 3.45. The molecule has 3 atom stereocenters. The number of nitrogens with zero attached hydrogens (tertiary/aromatic N) is 4. The minimum atomic E-state index is -4.52. The van der Waals surface area contributed by atoms with Gasteiger partial charge in [-0.3, -0.25) is 24.7 Å². The van der Waals surface area contributed by atoms with Crippen LogP contribution in [0.25, 0.3) is 11.1 Å². The van der Waals surface area contributed by atoms with E-state index in [1.54, 1.807) is 36.0 Å². The highest BCUT2D eigenvalue weighted by atomic mass is 35.5. The maximum absolute atomic E-state index is 14.3. The standard InChI is InChI=1S/C46H51ClN6O5S2/c1-32-12-13-33(2)52(32)25-24-38(31-59-40-9-4-3-5-10-40)49-42-22-23-43(60(48,57)58)44(45(42)53(55)56)46(54)35-16-20-39(21-17-35)51-28-26-50(27-29-51)30-36-8-6-7-11-41(36)34-14-18-37(47)19-15-34/h3-11,14-23,32-33,38,49H,12-13,24-31H2,1-2H3,(H2,48,57,58)/t32?,33?,38-/m1/s1. The number of halogens is 1. The highest BCUT2D eigenvalue weighted by Crippen LogP contribution is 2.37. The Morgan fingerprint density at radius 1 is 0.883 bits per heavy atom. The maximum Gasteiger partial charge on any atom is 0.304 e. The minimum Gasteiger partial charge on any atom is -0.376 e. The van der Waals surface area contributed by atoms with E-state index in [-0.39, 0.29) is 17.3 Å². The number of carbonyl (C=O) groups excluding carboxylic acids is 1.